The highest BCUT2D eigenvalue weighted by Gasteiger charge is 2.35. The van der Waals surface area contributed by atoms with Gasteiger partial charge >= 0.3 is 6.18 Å². The third-order valence-corrected chi connectivity index (χ3v) is 4.82. The van der Waals surface area contributed by atoms with Crippen LogP contribution in [-0.4, -0.2) is 9.78 Å². The highest BCUT2D eigenvalue weighted by molar-refractivity contribution is 6.32. The van der Waals surface area contributed by atoms with Crippen LogP contribution in [0.4, 0.5) is 13.2 Å². The average Bonchev–Trinajstić information content (AvgIpc) is 3.18. The molecule has 0 saturated heterocycles. The Kier molecular flexibility index (Phi) is 5.50. The lowest BCUT2D eigenvalue weighted by Gasteiger charge is -2.11. The lowest BCUT2D eigenvalue weighted by atomic mass is 10.1. The van der Waals surface area contributed by atoms with Gasteiger partial charge in [0.15, 0.2) is 5.69 Å². The van der Waals surface area contributed by atoms with Crippen molar-refractivity contribution >= 4 is 11.6 Å². The molecule has 3 aromatic carbocycles. The molecule has 0 aliphatic carbocycles. The smallest absolute Gasteiger partial charge is 0.435 e. The zero-order valence-electron chi connectivity index (χ0n) is 15.6. The largest absolute Gasteiger partial charge is 0.487 e. The molecule has 0 amide bonds. The minimum atomic E-state index is -4.57. The average molecular weight is 429 g/mol. The van der Waals surface area contributed by atoms with Crippen molar-refractivity contribution in [3.05, 3.63) is 101 Å². The molecule has 0 bridgehead atoms. The van der Waals surface area contributed by atoms with Gasteiger partial charge in [0.1, 0.15) is 12.4 Å². The SMILES string of the molecule is FC(F)(F)c1cc(COc2ccc(-c3ccccc3)cc2)n(-c2ccccc2Cl)n1. The van der Waals surface area contributed by atoms with Gasteiger partial charge in [0.25, 0.3) is 0 Å². The predicted octanol–water partition coefficient (Wildman–Crippen LogP) is 6.79. The second-order valence-electron chi connectivity index (χ2n) is 6.56. The van der Waals surface area contributed by atoms with Gasteiger partial charge in [-0.25, -0.2) is 4.68 Å². The molecule has 0 fully saturated rings. The van der Waals surface area contributed by atoms with E-state index in [9.17, 15) is 13.2 Å². The number of ether oxygens (including phenoxy) is 1. The van der Waals surface area contributed by atoms with Gasteiger partial charge in [-0.1, -0.05) is 66.2 Å². The second kappa shape index (κ2) is 8.24. The number of para-hydroxylation sites is 1. The highest BCUT2D eigenvalue weighted by Crippen LogP contribution is 2.31. The number of nitrogens with zero attached hydrogens (tertiary/aromatic N) is 2. The maximum absolute atomic E-state index is 13.2. The van der Waals surface area contributed by atoms with Gasteiger partial charge in [0.2, 0.25) is 0 Å². The minimum absolute atomic E-state index is 0.0982. The molecule has 0 unspecified atom stereocenters. The van der Waals surface area contributed by atoms with Crippen LogP contribution < -0.4 is 4.74 Å². The summed E-state index contributed by atoms with van der Waals surface area (Å²) in [5.74, 6) is 0.537. The van der Waals surface area contributed by atoms with Crippen LogP contribution in [0.25, 0.3) is 16.8 Å². The van der Waals surface area contributed by atoms with E-state index in [2.05, 4.69) is 5.10 Å². The van der Waals surface area contributed by atoms with Gasteiger partial charge in [-0.3, -0.25) is 0 Å². The van der Waals surface area contributed by atoms with E-state index in [0.717, 1.165) is 17.2 Å². The summed E-state index contributed by atoms with van der Waals surface area (Å²) in [5.41, 5.74) is 1.68. The van der Waals surface area contributed by atoms with Crippen molar-refractivity contribution in [3.63, 3.8) is 0 Å². The van der Waals surface area contributed by atoms with Crippen molar-refractivity contribution in [2.24, 2.45) is 0 Å². The fraction of sp³-hybridized carbons (Fsp3) is 0.0870. The Morgan fingerprint density at radius 1 is 0.833 bits per heavy atom. The summed E-state index contributed by atoms with van der Waals surface area (Å²) >= 11 is 6.16. The van der Waals surface area contributed by atoms with Gasteiger partial charge in [0.05, 0.1) is 16.4 Å². The quantitative estimate of drug-likeness (QED) is 0.350. The number of rotatable bonds is 5. The van der Waals surface area contributed by atoms with Crippen LogP contribution in [0.15, 0.2) is 84.9 Å². The molecule has 0 aliphatic heterocycles. The first-order chi connectivity index (χ1) is 14.4. The lowest BCUT2D eigenvalue weighted by molar-refractivity contribution is -0.141. The number of hydrogen-bond acceptors (Lipinski definition) is 2. The topological polar surface area (TPSA) is 27.1 Å². The molecule has 0 spiro atoms. The van der Waals surface area contributed by atoms with E-state index in [0.29, 0.717) is 16.5 Å². The number of aromatic nitrogens is 2. The Bertz CT molecular complexity index is 1140. The Morgan fingerprint density at radius 3 is 2.13 bits per heavy atom. The molecule has 7 heteroatoms. The molecule has 152 valence electrons. The van der Waals surface area contributed by atoms with Crippen LogP contribution in [0.1, 0.15) is 11.4 Å². The van der Waals surface area contributed by atoms with Crippen molar-refractivity contribution in [1.29, 1.82) is 0 Å². The molecule has 0 atom stereocenters. The molecule has 0 radical (unpaired) electrons. The number of hydrogen-bond donors (Lipinski definition) is 0. The summed E-state index contributed by atoms with van der Waals surface area (Å²) in [7, 11) is 0. The van der Waals surface area contributed by atoms with E-state index < -0.39 is 11.9 Å². The van der Waals surface area contributed by atoms with E-state index in [4.69, 9.17) is 16.3 Å². The van der Waals surface area contributed by atoms with E-state index in [-0.39, 0.29) is 12.3 Å². The number of benzene rings is 3. The molecule has 0 aliphatic rings. The van der Waals surface area contributed by atoms with Crippen LogP contribution in [0, 0.1) is 0 Å². The zero-order valence-corrected chi connectivity index (χ0v) is 16.4. The summed E-state index contributed by atoms with van der Waals surface area (Å²) in [5, 5.41) is 4.00. The first-order valence-electron chi connectivity index (χ1n) is 9.11. The predicted molar refractivity (Wildman–Crippen MR) is 110 cm³/mol. The normalized spacial score (nSPS) is 11.5. The summed E-state index contributed by atoms with van der Waals surface area (Å²) in [6, 6.07) is 24.8. The van der Waals surface area contributed by atoms with Crippen LogP contribution >= 0.6 is 11.6 Å². The molecule has 1 heterocycles. The Morgan fingerprint density at radius 2 is 1.47 bits per heavy atom. The molecular weight excluding hydrogens is 413 g/mol. The lowest BCUT2D eigenvalue weighted by Crippen LogP contribution is -2.08. The van der Waals surface area contributed by atoms with Gasteiger partial charge in [0, 0.05) is 0 Å². The van der Waals surface area contributed by atoms with Crippen molar-refractivity contribution in [2.45, 2.75) is 12.8 Å². The molecular formula is C23H16ClF3N2O. The Balaban J connectivity index is 1.58. The van der Waals surface area contributed by atoms with Gasteiger partial charge in [-0.15, -0.1) is 0 Å². The van der Waals surface area contributed by atoms with E-state index >= 15 is 0 Å². The van der Waals surface area contributed by atoms with Crippen LogP contribution in [0.5, 0.6) is 5.75 Å². The Hall–Kier alpha value is -3.25. The van der Waals surface area contributed by atoms with Crippen LogP contribution in [0.2, 0.25) is 5.02 Å². The molecule has 0 N–H and O–H groups in total. The molecule has 4 aromatic rings. The van der Waals surface area contributed by atoms with Gasteiger partial charge < -0.3 is 4.74 Å². The maximum atomic E-state index is 13.2. The van der Waals surface area contributed by atoms with E-state index in [1.54, 1.807) is 36.4 Å². The molecule has 0 saturated carbocycles. The standard InChI is InChI=1S/C23H16ClF3N2O/c24-20-8-4-5-9-21(20)29-18(14-22(28-29)23(25,26)27)15-30-19-12-10-17(11-13-19)16-6-2-1-3-7-16/h1-14H,15H2. The van der Waals surface area contributed by atoms with Crippen molar-refractivity contribution in [3.8, 4) is 22.6 Å². The summed E-state index contributed by atoms with van der Waals surface area (Å²) < 4.78 is 46.6. The summed E-state index contributed by atoms with van der Waals surface area (Å²) in [6.07, 6.45) is -4.57. The van der Waals surface area contributed by atoms with Gasteiger partial charge in [-0.2, -0.15) is 18.3 Å². The van der Waals surface area contributed by atoms with Crippen LogP contribution in [-0.2, 0) is 12.8 Å². The zero-order chi connectivity index (χ0) is 21.1. The third kappa shape index (κ3) is 4.33. The number of halogens is 4. The van der Waals surface area contributed by atoms with Crippen LogP contribution in [0.3, 0.4) is 0 Å². The fourth-order valence-corrected chi connectivity index (χ4v) is 3.24. The summed E-state index contributed by atoms with van der Waals surface area (Å²) in [4.78, 5) is 0. The van der Waals surface area contributed by atoms with Crippen molar-refractivity contribution in [1.82, 2.24) is 9.78 Å². The summed E-state index contributed by atoms with van der Waals surface area (Å²) in [6.45, 7) is -0.0982. The van der Waals surface area contributed by atoms with Crippen molar-refractivity contribution in [2.75, 3.05) is 0 Å². The second-order valence-corrected chi connectivity index (χ2v) is 6.97. The molecule has 1 aromatic heterocycles. The molecule has 30 heavy (non-hydrogen) atoms. The fourth-order valence-electron chi connectivity index (χ4n) is 3.02. The van der Waals surface area contributed by atoms with E-state index in [1.807, 2.05) is 42.5 Å². The monoisotopic (exact) mass is 428 g/mol. The first kappa shape index (κ1) is 20.0. The highest BCUT2D eigenvalue weighted by atomic mass is 35.5. The molecule has 3 nitrogen and oxygen atoms in total. The first-order valence-corrected chi connectivity index (χ1v) is 9.49. The van der Waals surface area contributed by atoms with Crippen molar-refractivity contribution < 1.29 is 17.9 Å². The minimum Gasteiger partial charge on any atom is -0.487 e. The van der Waals surface area contributed by atoms with Gasteiger partial charge in [-0.05, 0) is 41.5 Å². The molecule has 4 rings (SSSR count). The van der Waals surface area contributed by atoms with E-state index in [1.165, 1.54) is 4.68 Å². The number of alkyl halides is 3. The Labute approximate surface area is 176 Å². The maximum Gasteiger partial charge on any atom is 0.435 e. The third-order valence-electron chi connectivity index (χ3n) is 4.50.